The Morgan fingerprint density at radius 1 is 1.28 bits per heavy atom. The molecule has 0 aromatic heterocycles. The van der Waals surface area contributed by atoms with E-state index in [0.717, 1.165) is 29.8 Å². The van der Waals surface area contributed by atoms with Gasteiger partial charge < -0.3 is 4.90 Å². The van der Waals surface area contributed by atoms with E-state index in [-0.39, 0.29) is 0 Å². The number of hydrogen-bond donors (Lipinski definition) is 1. The molecule has 0 fully saturated rings. The van der Waals surface area contributed by atoms with Crippen LogP contribution in [0.3, 0.4) is 0 Å². The molecule has 0 bridgehead atoms. The van der Waals surface area contributed by atoms with Crippen LogP contribution in [0.2, 0.25) is 0 Å². The molecule has 1 aromatic rings. The molecular weight excluding hydrogens is 244 g/mol. The van der Waals surface area contributed by atoms with E-state index in [1.165, 1.54) is 5.56 Å². The van der Waals surface area contributed by atoms with Gasteiger partial charge in [0.1, 0.15) is 0 Å². The number of rotatable bonds is 5. The Balaban J connectivity index is 2.81. The zero-order chi connectivity index (χ0) is 13.8. The van der Waals surface area contributed by atoms with Crippen molar-refractivity contribution in [1.29, 1.82) is 0 Å². The van der Waals surface area contributed by atoms with E-state index in [1.54, 1.807) is 5.37 Å². The smallest absolute Gasteiger partial charge is 0.0538 e. The summed E-state index contributed by atoms with van der Waals surface area (Å²) in [4.78, 5) is 2.85. The highest BCUT2D eigenvalue weighted by atomic mass is 32.2. The van der Waals surface area contributed by atoms with Gasteiger partial charge in [0, 0.05) is 4.90 Å². The molecule has 0 saturated carbocycles. The lowest BCUT2D eigenvalue weighted by molar-refractivity contribution is 0.404. The second-order valence-corrected chi connectivity index (χ2v) is 7.11. The largest absolute Gasteiger partial charge is 0.309 e. The molecule has 18 heavy (non-hydrogen) atoms. The molecule has 0 amide bonds. The van der Waals surface area contributed by atoms with Crippen molar-refractivity contribution in [2.75, 3.05) is 20.6 Å². The Labute approximate surface area is 111 Å². The fourth-order valence-electron chi connectivity index (χ4n) is 1.67. The third-order valence-corrected chi connectivity index (χ3v) is 4.74. The maximum atomic E-state index is 12.4. The molecule has 3 nitrogen and oxygen atoms in total. The molecule has 0 spiro atoms. The minimum Gasteiger partial charge on any atom is -0.309 e. The third-order valence-electron chi connectivity index (χ3n) is 3.02. The Kier molecular flexibility index (Phi) is 5.38. The van der Waals surface area contributed by atoms with Crippen LogP contribution in [0.15, 0.2) is 23.1 Å². The molecule has 1 rings (SSSR count). The molecule has 2 N–H and O–H groups in total. The first kappa shape index (κ1) is 15.2. The van der Waals surface area contributed by atoms with Crippen LogP contribution < -0.4 is 5.14 Å². The summed E-state index contributed by atoms with van der Waals surface area (Å²) in [5, 5.41) is 7.70. The Bertz CT molecular complexity index is 515. The molecule has 1 atom stereocenters. The average Bonchev–Trinajstić information content (AvgIpc) is 2.28. The number of aryl methyl sites for hydroxylation is 2. The van der Waals surface area contributed by atoms with Crippen molar-refractivity contribution < 1.29 is 4.21 Å². The third kappa shape index (κ3) is 4.44. The lowest BCUT2D eigenvalue weighted by Gasteiger charge is -2.10. The number of benzene rings is 1. The normalized spacial score (nSPS) is 14.6. The summed E-state index contributed by atoms with van der Waals surface area (Å²) in [7, 11) is 1.57. The zero-order valence-corrected chi connectivity index (χ0v) is 12.6. The molecule has 0 saturated heterocycles. The highest BCUT2D eigenvalue weighted by Crippen LogP contribution is 2.14. The van der Waals surface area contributed by atoms with Crippen LogP contribution in [0.4, 0.5) is 0 Å². The van der Waals surface area contributed by atoms with Crippen LogP contribution in [0, 0.1) is 13.8 Å². The van der Waals surface area contributed by atoms with Crippen molar-refractivity contribution in [3.63, 3.8) is 0 Å². The van der Waals surface area contributed by atoms with Gasteiger partial charge in [-0.1, -0.05) is 6.07 Å². The van der Waals surface area contributed by atoms with E-state index >= 15 is 0 Å². The van der Waals surface area contributed by atoms with Gasteiger partial charge in [-0.3, -0.25) is 5.14 Å². The average molecular weight is 268 g/mol. The van der Waals surface area contributed by atoms with E-state index < -0.39 is 9.71 Å². The Morgan fingerprint density at radius 2 is 1.94 bits per heavy atom. The number of unbranched alkanes of at least 4 members (excludes halogenated alkanes) is 1. The minimum absolute atomic E-state index is 0.732. The van der Waals surface area contributed by atoms with Crippen molar-refractivity contribution in [1.82, 2.24) is 4.90 Å². The van der Waals surface area contributed by atoms with Gasteiger partial charge in [-0.15, -0.1) is 0 Å². The summed E-state index contributed by atoms with van der Waals surface area (Å²) in [5.74, 6) is 0. The van der Waals surface area contributed by atoms with Gasteiger partial charge in [0.05, 0.1) is 9.71 Å². The standard InChI is InChI=1S/C14H24N2OS/c1-12-7-8-14(11-13(12)2)18(15,17)10-6-5-9-16(3)4/h7-8,10-11H,5-6,9H2,1-4H3,(H2,15,17). The molecule has 0 aliphatic heterocycles. The monoisotopic (exact) mass is 268 g/mol. The molecular formula is C14H24N2OS. The fraction of sp³-hybridized carbons (Fsp3) is 0.500. The Morgan fingerprint density at radius 3 is 2.50 bits per heavy atom. The molecule has 0 aliphatic carbocycles. The first-order valence-corrected chi connectivity index (χ1v) is 7.88. The molecule has 4 heteroatoms. The maximum Gasteiger partial charge on any atom is 0.0538 e. The first-order valence-electron chi connectivity index (χ1n) is 6.20. The lowest BCUT2D eigenvalue weighted by atomic mass is 10.1. The number of hydrogen-bond acceptors (Lipinski definition) is 2. The van der Waals surface area contributed by atoms with Crippen LogP contribution in [0.1, 0.15) is 24.0 Å². The van der Waals surface area contributed by atoms with Gasteiger partial charge in [0.2, 0.25) is 0 Å². The second kappa shape index (κ2) is 6.36. The molecule has 0 heterocycles. The number of nitrogens with two attached hydrogens (primary N) is 1. The summed E-state index contributed by atoms with van der Waals surface area (Å²) in [6.07, 6.45) is 1.76. The van der Waals surface area contributed by atoms with Crippen molar-refractivity contribution in [3.05, 3.63) is 29.3 Å². The Hall–Kier alpha value is -0.840. The van der Waals surface area contributed by atoms with Crippen LogP contribution in [0.5, 0.6) is 0 Å². The molecule has 1 unspecified atom stereocenters. The van der Waals surface area contributed by atoms with Gasteiger partial charge in [0.25, 0.3) is 0 Å². The van der Waals surface area contributed by atoms with E-state index in [9.17, 15) is 4.21 Å². The fourth-order valence-corrected chi connectivity index (χ4v) is 3.03. The highest BCUT2D eigenvalue weighted by Gasteiger charge is 2.05. The molecule has 1 aromatic carbocycles. The van der Waals surface area contributed by atoms with Crippen LogP contribution in [-0.2, 0) is 9.71 Å². The topological polar surface area (TPSA) is 46.3 Å². The molecule has 0 aliphatic rings. The van der Waals surface area contributed by atoms with Crippen LogP contribution in [0.25, 0.3) is 0 Å². The minimum atomic E-state index is -2.49. The zero-order valence-electron chi connectivity index (χ0n) is 11.8. The summed E-state index contributed by atoms with van der Waals surface area (Å²) in [5.41, 5.74) is 2.33. The van der Waals surface area contributed by atoms with Crippen molar-refractivity contribution in [3.8, 4) is 0 Å². The van der Waals surface area contributed by atoms with Crippen molar-refractivity contribution in [2.45, 2.75) is 31.6 Å². The summed E-state index contributed by atoms with van der Waals surface area (Å²) in [6, 6.07) is 5.78. The molecule has 0 radical (unpaired) electrons. The van der Waals surface area contributed by atoms with Crippen molar-refractivity contribution >= 4 is 15.1 Å². The summed E-state index contributed by atoms with van der Waals surface area (Å²) in [6.45, 7) is 5.04. The summed E-state index contributed by atoms with van der Waals surface area (Å²) >= 11 is 0. The maximum absolute atomic E-state index is 12.4. The van der Waals surface area contributed by atoms with Gasteiger partial charge in [-0.2, -0.15) is 0 Å². The predicted molar refractivity (Wildman–Crippen MR) is 80.4 cm³/mol. The quantitative estimate of drug-likeness (QED) is 0.655. The van der Waals surface area contributed by atoms with Crippen molar-refractivity contribution in [2.24, 2.45) is 5.14 Å². The number of nitrogens with zero attached hydrogens (tertiary/aromatic N) is 1. The van der Waals surface area contributed by atoms with Crippen LogP contribution >= 0.6 is 0 Å². The summed E-state index contributed by atoms with van der Waals surface area (Å²) < 4.78 is 12.4. The van der Waals surface area contributed by atoms with Gasteiger partial charge in [-0.05, 0) is 76.0 Å². The predicted octanol–water partition coefficient (Wildman–Crippen LogP) is 1.96. The van der Waals surface area contributed by atoms with E-state index in [1.807, 2.05) is 46.1 Å². The lowest BCUT2D eigenvalue weighted by Crippen LogP contribution is -2.17. The van der Waals surface area contributed by atoms with Gasteiger partial charge >= 0.3 is 0 Å². The highest BCUT2D eigenvalue weighted by molar-refractivity contribution is 7.99. The van der Waals surface area contributed by atoms with Gasteiger partial charge in [0.15, 0.2) is 0 Å². The second-order valence-electron chi connectivity index (χ2n) is 5.01. The first-order chi connectivity index (χ1) is 8.33. The SMILES string of the molecule is Cc1ccc(S(N)(=O)=CCCCN(C)C)cc1C. The van der Waals surface area contributed by atoms with E-state index in [0.29, 0.717) is 0 Å². The van der Waals surface area contributed by atoms with E-state index in [2.05, 4.69) is 4.90 Å². The van der Waals surface area contributed by atoms with Crippen LogP contribution in [-0.4, -0.2) is 35.1 Å². The molecule has 102 valence electrons. The van der Waals surface area contributed by atoms with Gasteiger partial charge in [-0.25, -0.2) is 4.21 Å². The van der Waals surface area contributed by atoms with E-state index in [4.69, 9.17) is 5.14 Å².